The first-order valence-corrected chi connectivity index (χ1v) is 4.16. The van der Waals surface area contributed by atoms with Crippen LogP contribution in [0.5, 0.6) is 0 Å². The van der Waals surface area contributed by atoms with Crippen LogP contribution in [-0.2, 0) is 9.53 Å². The van der Waals surface area contributed by atoms with Crippen molar-refractivity contribution >= 4 is 5.97 Å². The van der Waals surface area contributed by atoms with E-state index in [1.54, 1.807) is 13.0 Å². The van der Waals surface area contributed by atoms with E-state index in [9.17, 15) is 4.79 Å². The van der Waals surface area contributed by atoms with Crippen molar-refractivity contribution in [1.29, 1.82) is 0 Å². The Hall–Kier alpha value is -0.830. The Labute approximate surface area is 73.0 Å². The first kappa shape index (κ1) is 11.2. The zero-order valence-corrected chi connectivity index (χ0v) is 7.67. The molecule has 0 saturated heterocycles. The van der Waals surface area contributed by atoms with Gasteiger partial charge in [0.15, 0.2) is 0 Å². The fourth-order valence-electron chi connectivity index (χ4n) is 0.736. The van der Waals surface area contributed by atoms with Gasteiger partial charge in [-0.05, 0) is 26.7 Å². The highest BCUT2D eigenvalue weighted by molar-refractivity contribution is 5.85. The second-order valence-corrected chi connectivity index (χ2v) is 2.53. The number of hydrogen-bond donors (Lipinski definition) is 1. The highest BCUT2D eigenvalue weighted by atomic mass is 16.5. The van der Waals surface area contributed by atoms with Gasteiger partial charge in [-0.3, -0.25) is 0 Å². The molecule has 0 rings (SSSR count). The molecule has 0 aromatic carbocycles. The minimum Gasteiger partial charge on any atom is -0.478 e. The fraction of sp³-hybridized carbons (Fsp3) is 0.667. The van der Waals surface area contributed by atoms with Gasteiger partial charge in [-0.2, -0.15) is 0 Å². The molecule has 0 heterocycles. The molecule has 0 aliphatic heterocycles. The average Bonchev–Trinajstić information content (AvgIpc) is 2.03. The van der Waals surface area contributed by atoms with E-state index in [2.05, 4.69) is 0 Å². The molecule has 0 bridgehead atoms. The lowest BCUT2D eigenvalue weighted by atomic mass is 10.2. The van der Waals surface area contributed by atoms with Crippen molar-refractivity contribution < 1.29 is 14.6 Å². The molecular weight excluding hydrogens is 156 g/mol. The van der Waals surface area contributed by atoms with Crippen LogP contribution in [0.4, 0.5) is 0 Å². The van der Waals surface area contributed by atoms with Crippen LogP contribution in [-0.4, -0.2) is 24.3 Å². The minimum atomic E-state index is -0.841. The van der Waals surface area contributed by atoms with Gasteiger partial charge in [-0.1, -0.05) is 6.08 Å². The molecule has 70 valence electrons. The van der Waals surface area contributed by atoms with Crippen LogP contribution in [0.15, 0.2) is 11.6 Å². The Morgan fingerprint density at radius 2 is 2.25 bits per heavy atom. The molecule has 0 aromatic heterocycles. The van der Waals surface area contributed by atoms with Crippen LogP contribution in [0.2, 0.25) is 0 Å². The number of hydrogen-bond acceptors (Lipinski definition) is 2. The topological polar surface area (TPSA) is 46.5 Å². The van der Waals surface area contributed by atoms with Crippen LogP contribution in [0.1, 0.15) is 26.7 Å². The fourth-order valence-corrected chi connectivity index (χ4v) is 0.736. The molecule has 3 nitrogen and oxygen atoms in total. The standard InChI is InChI=1S/C9H16O3/c1-3-12-7-5-4-6-8(2)9(10)11/h6H,3-5,7H2,1-2H3,(H,10,11)/b8-6+. The van der Waals surface area contributed by atoms with Crippen molar-refractivity contribution in [1.82, 2.24) is 0 Å². The first-order valence-electron chi connectivity index (χ1n) is 4.16. The summed E-state index contributed by atoms with van der Waals surface area (Å²) < 4.78 is 5.10. The van der Waals surface area contributed by atoms with E-state index in [0.29, 0.717) is 12.2 Å². The van der Waals surface area contributed by atoms with E-state index < -0.39 is 5.97 Å². The molecule has 0 amide bonds. The summed E-state index contributed by atoms with van der Waals surface area (Å²) in [7, 11) is 0. The monoisotopic (exact) mass is 172 g/mol. The summed E-state index contributed by atoms with van der Waals surface area (Å²) in [5.74, 6) is -0.841. The van der Waals surface area contributed by atoms with Crippen molar-refractivity contribution in [2.75, 3.05) is 13.2 Å². The third kappa shape index (κ3) is 5.92. The van der Waals surface area contributed by atoms with Gasteiger partial charge in [0.05, 0.1) is 0 Å². The second kappa shape index (κ2) is 6.85. The Morgan fingerprint density at radius 1 is 1.58 bits per heavy atom. The molecule has 0 fully saturated rings. The maximum atomic E-state index is 10.3. The molecule has 0 spiro atoms. The Bertz CT molecular complexity index is 161. The van der Waals surface area contributed by atoms with Gasteiger partial charge in [0.25, 0.3) is 0 Å². The molecule has 0 atom stereocenters. The van der Waals surface area contributed by atoms with Crippen LogP contribution >= 0.6 is 0 Å². The molecule has 0 aliphatic rings. The smallest absolute Gasteiger partial charge is 0.330 e. The lowest BCUT2D eigenvalue weighted by molar-refractivity contribution is -0.132. The number of carbonyl (C=O) groups is 1. The van der Waals surface area contributed by atoms with E-state index >= 15 is 0 Å². The third-order valence-corrected chi connectivity index (χ3v) is 1.48. The molecule has 0 aromatic rings. The average molecular weight is 172 g/mol. The van der Waals surface area contributed by atoms with Gasteiger partial charge in [-0.15, -0.1) is 0 Å². The maximum absolute atomic E-state index is 10.3. The predicted molar refractivity (Wildman–Crippen MR) is 47.1 cm³/mol. The summed E-state index contributed by atoms with van der Waals surface area (Å²) >= 11 is 0. The third-order valence-electron chi connectivity index (χ3n) is 1.48. The normalized spacial score (nSPS) is 11.7. The SMILES string of the molecule is CCOCCC/C=C(\C)C(=O)O. The largest absolute Gasteiger partial charge is 0.478 e. The number of rotatable bonds is 6. The molecule has 0 aliphatic carbocycles. The maximum Gasteiger partial charge on any atom is 0.330 e. The Kier molecular flexibility index (Phi) is 6.38. The van der Waals surface area contributed by atoms with Gasteiger partial charge in [0.1, 0.15) is 0 Å². The predicted octanol–water partition coefficient (Wildman–Crippen LogP) is 1.83. The quantitative estimate of drug-likeness (QED) is 0.491. The van der Waals surface area contributed by atoms with Crippen molar-refractivity contribution in [3.05, 3.63) is 11.6 Å². The molecule has 12 heavy (non-hydrogen) atoms. The first-order chi connectivity index (χ1) is 5.68. The Morgan fingerprint density at radius 3 is 2.75 bits per heavy atom. The van der Waals surface area contributed by atoms with Gasteiger partial charge in [0, 0.05) is 18.8 Å². The van der Waals surface area contributed by atoms with E-state index in [1.165, 1.54) is 0 Å². The number of aliphatic carboxylic acids is 1. The highest BCUT2D eigenvalue weighted by Gasteiger charge is 1.97. The van der Waals surface area contributed by atoms with Crippen LogP contribution in [0.25, 0.3) is 0 Å². The summed E-state index contributed by atoms with van der Waals surface area (Å²) in [6.45, 7) is 4.98. The van der Waals surface area contributed by atoms with Crippen molar-refractivity contribution in [3.8, 4) is 0 Å². The number of carboxylic acids is 1. The summed E-state index contributed by atoms with van der Waals surface area (Å²) in [4.78, 5) is 10.3. The lowest BCUT2D eigenvalue weighted by Gasteiger charge is -1.97. The van der Waals surface area contributed by atoms with Gasteiger partial charge < -0.3 is 9.84 Å². The highest BCUT2D eigenvalue weighted by Crippen LogP contribution is 1.98. The van der Waals surface area contributed by atoms with Gasteiger partial charge >= 0.3 is 5.97 Å². The number of unbranched alkanes of at least 4 members (excludes halogenated alkanes) is 1. The molecule has 0 radical (unpaired) electrons. The van der Waals surface area contributed by atoms with Crippen LogP contribution in [0.3, 0.4) is 0 Å². The summed E-state index contributed by atoms with van der Waals surface area (Å²) in [6, 6.07) is 0. The van der Waals surface area contributed by atoms with Gasteiger partial charge in [0.2, 0.25) is 0 Å². The summed E-state index contributed by atoms with van der Waals surface area (Å²) in [5.41, 5.74) is 0.409. The van der Waals surface area contributed by atoms with Crippen LogP contribution in [0, 0.1) is 0 Å². The van der Waals surface area contributed by atoms with E-state index in [-0.39, 0.29) is 0 Å². The number of carboxylic acid groups (broad SMARTS) is 1. The van der Waals surface area contributed by atoms with Crippen LogP contribution < -0.4 is 0 Å². The molecule has 0 unspecified atom stereocenters. The zero-order chi connectivity index (χ0) is 9.40. The van der Waals surface area contributed by atoms with Crippen molar-refractivity contribution in [2.24, 2.45) is 0 Å². The van der Waals surface area contributed by atoms with E-state index in [1.807, 2.05) is 6.92 Å². The summed E-state index contributed by atoms with van der Waals surface area (Å²) in [5, 5.41) is 8.49. The molecular formula is C9H16O3. The molecule has 1 N–H and O–H groups in total. The van der Waals surface area contributed by atoms with Gasteiger partial charge in [-0.25, -0.2) is 4.79 Å². The lowest BCUT2D eigenvalue weighted by Crippen LogP contribution is -1.97. The zero-order valence-electron chi connectivity index (χ0n) is 7.67. The summed E-state index contributed by atoms with van der Waals surface area (Å²) in [6.07, 6.45) is 3.39. The number of ether oxygens (including phenoxy) is 1. The Balaban J connectivity index is 3.40. The van der Waals surface area contributed by atoms with E-state index in [0.717, 1.165) is 19.4 Å². The van der Waals surface area contributed by atoms with Crippen molar-refractivity contribution in [2.45, 2.75) is 26.7 Å². The minimum absolute atomic E-state index is 0.409. The second-order valence-electron chi connectivity index (χ2n) is 2.53. The van der Waals surface area contributed by atoms with Crippen molar-refractivity contribution in [3.63, 3.8) is 0 Å². The van der Waals surface area contributed by atoms with E-state index in [4.69, 9.17) is 9.84 Å². The number of allylic oxidation sites excluding steroid dienone is 1. The molecule has 0 saturated carbocycles. The molecule has 3 heteroatoms.